The minimum absolute atomic E-state index is 0.826. The van der Waals surface area contributed by atoms with Gasteiger partial charge in [-0.25, -0.2) is 9.97 Å². The Labute approximate surface area is 176 Å². The summed E-state index contributed by atoms with van der Waals surface area (Å²) >= 11 is 1.90. The molecule has 2 aromatic heterocycles. The maximum atomic E-state index is 5.10. The van der Waals surface area contributed by atoms with Crippen molar-refractivity contribution >= 4 is 39.5 Å². The SMILES string of the molecule is CN1CCCN(c2nc(/C=C/c3ccccc3)nc3sc4c(c23)CCCC4)CC1. The second kappa shape index (κ2) is 8.25. The highest BCUT2D eigenvalue weighted by Crippen LogP contribution is 2.40. The number of likely N-dealkylation sites (N-methyl/N-ethyl adjacent to an activating group) is 1. The van der Waals surface area contributed by atoms with E-state index in [2.05, 4.69) is 53.3 Å². The Morgan fingerprint density at radius 2 is 1.76 bits per heavy atom. The minimum Gasteiger partial charge on any atom is -0.355 e. The molecule has 29 heavy (non-hydrogen) atoms. The van der Waals surface area contributed by atoms with Gasteiger partial charge in [-0.1, -0.05) is 36.4 Å². The smallest absolute Gasteiger partial charge is 0.155 e. The maximum Gasteiger partial charge on any atom is 0.155 e. The first-order chi connectivity index (χ1) is 14.3. The molecule has 0 saturated carbocycles. The lowest BCUT2D eigenvalue weighted by Gasteiger charge is -2.23. The first-order valence-electron chi connectivity index (χ1n) is 10.8. The van der Waals surface area contributed by atoms with Crippen molar-refractivity contribution in [1.29, 1.82) is 0 Å². The fourth-order valence-electron chi connectivity index (χ4n) is 4.45. The van der Waals surface area contributed by atoms with Gasteiger partial charge >= 0.3 is 0 Å². The number of rotatable bonds is 3. The van der Waals surface area contributed by atoms with Gasteiger partial charge in [-0.05, 0) is 62.9 Å². The zero-order chi connectivity index (χ0) is 19.6. The number of aryl methyl sites for hydroxylation is 2. The van der Waals surface area contributed by atoms with E-state index in [4.69, 9.17) is 9.97 Å². The van der Waals surface area contributed by atoms with E-state index in [9.17, 15) is 0 Å². The minimum atomic E-state index is 0.826. The van der Waals surface area contributed by atoms with Gasteiger partial charge in [0.15, 0.2) is 5.82 Å². The average molecular weight is 405 g/mol. The standard InChI is InChI=1S/C24H28N4S/c1-27-14-7-15-28(17-16-27)23-22-19-10-5-6-11-20(19)29-24(22)26-21(25-23)13-12-18-8-3-2-4-9-18/h2-4,8-9,12-13H,5-7,10-11,14-17H2,1H3/b13-12+. The molecule has 4 nitrogen and oxygen atoms in total. The van der Waals surface area contributed by atoms with Crippen molar-refractivity contribution in [3.63, 3.8) is 0 Å². The van der Waals surface area contributed by atoms with E-state index in [1.165, 1.54) is 58.3 Å². The summed E-state index contributed by atoms with van der Waals surface area (Å²) in [7, 11) is 2.22. The zero-order valence-electron chi connectivity index (χ0n) is 17.1. The second-order valence-corrected chi connectivity index (χ2v) is 9.27. The molecule has 3 heterocycles. The third-order valence-electron chi connectivity index (χ3n) is 6.06. The molecule has 1 aliphatic carbocycles. The Kier molecular flexibility index (Phi) is 5.34. The van der Waals surface area contributed by atoms with Crippen molar-refractivity contribution < 1.29 is 0 Å². The van der Waals surface area contributed by atoms with E-state index in [-0.39, 0.29) is 0 Å². The molecule has 0 spiro atoms. The molecule has 1 fully saturated rings. The lowest BCUT2D eigenvalue weighted by atomic mass is 9.97. The van der Waals surface area contributed by atoms with Crippen LogP contribution in [0.4, 0.5) is 5.82 Å². The Balaban J connectivity index is 1.59. The van der Waals surface area contributed by atoms with E-state index in [1.54, 1.807) is 0 Å². The van der Waals surface area contributed by atoms with Crippen LogP contribution in [0.25, 0.3) is 22.4 Å². The Bertz CT molecular complexity index is 1020. The highest BCUT2D eigenvalue weighted by molar-refractivity contribution is 7.19. The predicted octanol–water partition coefficient (Wildman–Crippen LogP) is 4.88. The number of nitrogens with zero attached hydrogens (tertiary/aromatic N) is 4. The molecule has 0 radical (unpaired) electrons. The number of anilines is 1. The molecular formula is C24H28N4S. The highest BCUT2D eigenvalue weighted by atomic mass is 32.1. The van der Waals surface area contributed by atoms with Crippen LogP contribution in [-0.4, -0.2) is 48.1 Å². The summed E-state index contributed by atoms with van der Waals surface area (Å²) < 4.78 is 0. The molecule has 0 amide bonds. The Morgan fingerprint density at radius 3 is 2.66 bits per heavy atom. The van der Waals surface area contributed by atoms with Gasteiger partial charge in [0.2, 0.25) is 0 Å². The van der Waals surface area contributed by atoms with Crippen LogP contribution in [0, 0.1) is 0 Å². The summed E-state index contributed by atoms with van der Waals surface area (Å²) in [5.41, 5.74) is 2.71. The van der Waals surface area contributed by atoms with Crippen LogP contribution < -0.4 is 4.90 Å². The van der Waals surface area contributed by atoms with Gasteiger partial charge in [0.1, 0.15) is 10.6 Å². The third kappa shape index (κ3) is 3.94. The normalized spacial score (nSPS) is 18.3. The van der Waals surface area contributed by atoms with E-state index < -0.39 is 0 Å². The summed E-state index contributed by atoms with van der Waals surface area (Å²) in [6.07, 6.45) is 10.3. The van der Waals surface area contributed by atoms with Gasteiger partial charge in [-0.2, -0.15) is 0 Å². The maximum absolute atomic E-state index is 5.10. The molecular weight excluding hydrogens is 376 g/mol. The number of hydrogen-bond donors (Lipinski definition) is 0. The van der Waals surface area contributed by atoms with Crippen LogP contribution in [0.15, 0.2) is 30.3 Å². The number of thiophene rings is 1. The molecule has 1 saturated heterocycles. The fraction of sp³-hybridized carbons (Fsp3) is 0.417. The van der Waals surface area contributed by atoms with E-state index in [1.807, 2.05) is 17.4 Å². The topological polar surface area (TPSA) is 32.3 Å². The van der Waals surface area contributed by atoms with Gasteiger partial charge in [-0.15, -0.1) is 11.3 Å². The first-order valence-corrected chi connectivity index (χ1v) is 11.6. The number of hydrogen-bond acceptors (Lipinski definition) is 5. The monoisotopic (exact) mass is 404 g/mol. The van der Waals surface area contributed by atoms with Gasteiger partial charge < -0.3 is 9.80 Å². The van der Waals surface area contributed by atoms with E-state index in [0.717, 1.165) is 37.8 Å². The van der Waals surface area contributed by atoms with Crippen molar-refractivity contribution in [2.45, 2.75) is 32.1 Å². The lowest BCUT2D eigenvalue weighted by Crippen LogP contribution is -2.29. The van der Waals surface area contributed by atoms with Gasteiger partial charge in [-0.3, -0.25) is 0 Å². The van der Waals surface area contributed by atoms with Crippen LogP contribution in [0.1, 0.15) is 41.1 Å². The van der Waals surface area contributed by atoms with Crippen molar-refractivity contribution in [3.05, 3.63) is 52.2 Å². The van der Waals surface area contributed by atoms with E-state index in [0.29, 0.717) is 0 Å². The largest absolute Gasteiger partial charge is 0.355 e. The molecule has 0 unspecified atom stereocenters. The zero-order valence-corrected chi connectivity index (χ0v) is 17.9. The van der Waals surface area contributed by atoms with Crippen LogP contribution in [0.3, 0.4) is 0 Å². The summed E-state index contributed by atoms with van der Waals surface area (Å²) in [6, 6.07) is 10.4. The van der Waals surface area contributed by atoms with Crippen molar-refractivity contribution in [2.24, 2.45) is 0 Å². The third-order valence-corrected chi connectivity index (χ3v) is 7.24. The number of aromatic nitrogens is 2. The number of benzene rings is 1. The molecule has 2 aliphatic rings. The molecule has 1 aliphatic heterocycles. The quantitative estimate of drug-likeness (QED) is 0.623. The summed E-state index contributed by atoms with van der Waals surface area (Å²) in [4.78, 5) is 17.7. The van der Waals surface area contributed by atoms with Gasteiger partial charge in [0.25, 0.3) is 0 Å². The molecule has 0 atom stereocenters. The van der Waals surface area contributed by atoms with Crippen LogP contribution >= 0.6 is 11.3 Å². The van der Waals surface area contributed by atoms with Gasteiger partial charge in [0.05, 0.1) is 5.39 Å². The molecule has 0 N–H and O–H groups in total. The second-order valence-electron chi connectivity index (χ2n) is 8.18. The first kappa shape index (κ1) is 18.8. The molecule has 150 valence electrons. The molecule has 5 heteroatoms. The molecule has 0 bridgehead atoms. The van der Waals surface area contributed by atoms with Crippen molar-refractivity contribution in [1.82, 2.24) is 14.9 Å². The summed E-state index contributed by atoms with van der Waals surface area (Å²) in [5, 5.41) is 1.34. The molecule has 5 rings (SSSR count). The predicted molar refractivity (Wildman–Crippen MR) is 124 cm³/mol. The van der Waals surface area contributed by atoms with Gasteiger partial charge in [0, 0.05) is 24.5 Å². The van der Waals surface area contributed by atoms with E-state index >= 15 is 0 Å². The van der Waals surface area contributed by atoms with Crippen molar-refractivity contribution in [3.8, 4) is 0 Å². The number of fused-ring (bicyclic) bond motifs is 3. The summed E-state index contributed by atoms with van der Waals surface area (Å²) in [6.45, 7) is 4.36. The molecule has 3 aromatic rings. The van der Waals surface area contributed by atoms with Crippen LogP contribution in [0.2, 0.25) is 0 Å². The average Bonchev–Trinajstić information content (AvgIpc) is 2.99. The van der Waals surface area contributed by atoms with Crippen LogP contribution in [0.5, 0.6) is 0 Å². The van der Waals surface area contributed by atoms with Crippen molar-refractivity contribution in [2.75, 3.05) is 38.1 Å². The summed E-state index contributed by atoms with van der Waals surface area (Å²) in [5.74, 6) is 1.99. The molecule has 1 aromatic carbocycles. The lowest BCUT2D eigenvalue weighted by molar-refractivity contribution is 0.360. The highest BCUT2D eigenvalue weighted by Gasteiger charge is 2.24. The Hall–Kier alpha value is -2.24. The fourth-order valence-corrected chi connectivity index (χ4v) is 5.71. The van der Waals surface area contributed by atoms with Crippen LogP contribution in [-0.2, 0) is 12.8 Å². The Morgan fingerprint density at radius 1 is 0.897 bits per heavy atom.